The molecule has 0 unspecified atom stereocenters. The molecule has 2 aliphatic rings. The van der Waals surface area contributed by atoms with Crippen LogP contribution in [0.4, 0.5) is 0 Å². The minimum absolute atomic E-state index is 0.597. The van der Waals surface area contributed by atoms with Crippen molar-refractivity contribution >= 4 is 0 Å². The van der Waals surface area contributed by atoms with Crippen LogP contribution in [0.25, 0.3) is 33.9 Å². The van der Waals surface area contributed by atoms with Crippen LogP contribution in [-0.4, -0.2) is 15.0 Å². The number of para-hydroxylation sites is 1. The molecule has 2 aromatic heterocycles. The van der Waals surface area contributed by atoms with Crippen LogP contribution in [-0.2, 0) is 10.8 Å². The van der Waals surface area contributed by atoms with Crippen molar-refractivity contribution in [3.8, 4) is 45.4 Å². The van der Waals surface area contributed by atoms with E-state index < -0.39 is 10.8 Å². The van der Waals surface area contributed by atoms with Crippen LogP contribution in [0.15, 0.2) is 213 Å². The molecule has 0 atom stereocenters. The molecule has 1 aliphatic carbocycles. The molecule has 0 saturated carbocycles. The molecule has 3 heterocycles. The van der Waals surface area contributed by atoms with Crippen molar-refractivity contribution in [1.29, 1.82) is 0 Å². The Bertz CT molecular complexity index is 2840. The Balaban J connectivity index is 1.25. The summed E-state index contributed by atoms with van der Waals surface area (Å²) in [6.07, 6.45) is 3.51. The van der Waals surface area contributed by atoms with Gasteiger partial charge in [-0.1, -0.05) is 170 Å². The highest BCUT2D eigenvalue weighted by molar-refractivity contribution is 5.93. The lowest BCUT2D eigenvalue weighted by atomic mass is 9.62. The molecule has 1 aliphatic heterocycles. The van der Waals surface area contributed by atoms with Gasteiger partial charge in [0.15, 0.2) is 5.82 Å². The third-order valence-corrected chi connectivity index (χ3v) is 11.8. The van der Waals surface area contributed by atoms with Gasteiger partial charge >= 0.3 is 0 Å². The van der Waals surface area contributed by atoms with Gasteiger partial charge in [0.2, 0.25) is 0 Å². The Labute approximate surface area is 331 Å². The fourth-order valence-corrected chi connectivity index (χ4v) is 9.54. The van der Waals surface area contributed by atoms with Crippen molar-refractivity contribution in [2.45, 2.75) is 10.8 Å². The Morgan fingerprint density at radius 2 is 0.912 bits per heavy atom. The lowest BCUT2D eigenvalue weighted by Gasteiger charge is -2.42. The molecule has 0 saturated heterocycles. The summed E-state index contributed by atoms with van der Waals surface area (Å²) in [5.74, 6) is 2.33. The largest absolute Gasteiger partial charge is 0.456 e. The van der Waals surface area contributed by atoms with Crippen LogP contribution in [0.5, 0.6) is 11.5 Å². The van der Waals surface area contributed by atoms with Crippen LogP contribution in [0.2, 0.25) is 0 Å². The Morgan fingerprint density at radius 3 is 1.53 bits per heavy atom. The number of nitrogens with zero attached hydrogens (tertiary/aromatic N) is 3. The zero-order chi connectivity index (χ0) is 37.8. The number of hydrogen-bond donors (Lipinski definition) is 0. The molecule has 0 spiro atoms. The summed E-state index contributed by atoms with van der Waals surface area (Å²) in [6, 6.07) is 71.6. The second-order valence-corrected chi connectivity index (χ2v) is 14.7. The number of benzene rings is 7. The van der Waals surface area contributed by atoms with Gasteiger partial charge in [-0.05, 0) is 69.3 Å². The van der Waals surface area contributed by atoms with Crippen LogP contribution in [0.1, 0.15) is 44.5 Å². The van der Waals surface area contributed by atoms with E-state index in [1.807, 2.05) is 18.2 Å². The van der Waals surface area contributed by atoms with Crippen molar-refractivity contribution in [1.82, 2.24) is 15.0 Å². The molecule has 4 nitrogen and oxygen atoms in total. The molecule has 9 aromatic rings. The van der Waals surface area contributed by atoms with E-state index in [9.17, 15) is 0 Å². The monoisotopic (exact) mass is 729 g/mol. The Morgan fingerprint density at radius 1 is 0.386 bits per heavy atom. The minimum Gasteiger partial charge on any atom is -0.456 e. The second kappa shape index (κ2) is 13.1. The van der Waals surface area contributed by atoms with Crippen LogP contribution in [0.3, 0.4) is 0 Å². The molecule has 0 N–H and O–H groups in total. The van der Waals surface area contributed by atoms with Gasteiger partial charge in [0, 0.05) is 34.6 Å². The quantitative estimate of drug-likeness (QED) is 0.171. The van der Waals surface area contributed by atoms with Gasteiger partial charge in [0.1, 0.15) is 17.2 Å². The highest BCUT2D eigenvalue weighted by atomic mass is 16.5. The molecule has 0 radical (unpaired) electrons. The first-order chi connectivity index (χ1) is 28.3. The van der Waals surface area contributed by atoms with Gasteiger partial charge in [-0.3, -0.25) is 0 Å². The van der Waals surface area contributed by atoms with E-state index in [1.165, 1.54) is 33.4 Å². The fourth-order valence-electron chi connectivity index (χ4n) is 9.54. The number of aromatic nitrogens is 3. The number of ether oxygens (including phenoxy) is 1. The van der Waals surface area contributed by atoms with Gasteiger partial charge in [-0.15, -0.1) is 0 Å². The summed E-state index contributed by atoms with van der Waals surface area (Å²) < 4.78 is 7.29. The maximum Gasteiger partial charge on any atom is 0.178 e. The van der Waals surface area contributed by atoms with Crippen molar-refractivity contribution < 1.29 is 4.74 Å². The fraction of sp³-hybridized carbons (Fsp3) is 0.0377. The van der Waals surface area contributed by atoms with Crippen molar-refractivity contribution in [3.05, 3.63) is 257 Å². The normalized spacial score (nSPS) is 14.0. The van der Waals surface area contributed by atoms with Crippen molar-refractivity contribution in [3.63, 3.8) is 0 Å². The number of hydrogen-bond acceptors (Lipinski definition) is 4. The Kier molecular flexibility index (Phi) is 7.58. The summed E-state index contributed by atoms with van der Waals surface area (Å²) in [5, 5.41) is 0. The van der Waals surface area contributed by atoms with E-state index in [-0.39, 0.29) is 0 Å². The SMILES string of the molecule is c1ccc(C2(c3ccccc3)c3ccccc3Oc3c2ccc2c3-c3ccc(-c4cccc(-c5ncccn5)n4)cc3C2(c2ccccc2)c2ccccc2)cc1. The van der Waals surface area contributed by atoms with E-state index in [2.05, 4.69) is 192 Å². The maximum absolute atomic E-state index is 7.29. The van der Waals surface area contributed by atoms with Gasteiger partial charge in [-0.25, -0.2) is 15.0 Å². The van der Waals surface area contributed by atoms with Gasteiger partial charge in [-0.2, -0.15) is 0 Å². The predicted molar refractivity (Wildman–Crippen MR) is 226 cm³/mol. The zero-order valence-electron chi connectivity index (χ0n) is 31.0. The molecular weight excluding hydrogens is 695 g/mol. The molecule has 0 fully saturated rings. The van der Waals surface area contributed by atoms with E-state index in [0.29, 0.717) is 5.82 Å². The number of rotatable bonds is 6. The zero-order valence-corrected chi connectivity index (χ0v) is 31.0. The molecule has 7 aromatic carbocycles. The summed E-state index contributed by atoms with van der Waals surface area (Å²) >= 11 is 0. The molecule has 0 bridgehead atoms. The molecule has 0 amide bonds. The van der Waals surface area contributed by atoms with Crippen LogP contribution < -0.4 is 4.74 Å². The van der Waals surface area contributed by atoms with Gasteiger partial charge in [0.25, 0.3) is 0 Å². The average Bonchev–Trinajstić information content (AvgIpc) is 3.60. The highest BCUT2D eigenvalue weighted by Gasteiger charge is 2.52. The topological polar surface area (TPSA) is 47.9 Å². The lowest BCUT2D eigenvalue weighted by Crippen LogP contribution is -2.34. The van der Waals surface area contributed by atoms with E-state index in [1.54, 1.807) is 12.4 Å². The first-order valence-electron chi connectivity index (χ1n) is 19.3. The van der Waals surface area contributed by atoms with Gasteiger partial charge in [0.05, 0.1) is 16.5 Å². The smallest absolute Gasteiger partial charge is 0.178 e. The first kappa shape index (κ1) is 33.0. The third kappa shape index (κ3) is 4.84. The molecule has 4 heteroatoms. The second-order valence-electron chi connectivity index (χ2n) is 14.7. The first-order valence-corrected chi connectivity index (χ1v) is 19.3. The minimum atomic E-state index is -0.666. The molecule has 57 heavy (non-hydrogen) atoms. The molecular formula is C53H35N3O. The van der Waals surface area contributed by atoms with Crippen molar-refractivity contribution in [2.75, 3.05) is 0 Å². The molecule has 268 valence electrons. The predicted octanol–water partition coefficient (Wildman–Crippen LogP) is 12.1. The van der Waals surface area contributed by atoms with Crippen LogP contribution >= 0.6 is 0 Å². The summed E-state index contributed by atoms with van der Waals surface area (Å²) in [5.41, 5.74) is 12.9. The average molecular weight is 730 g/mol. The summed E-state index contributed by atoms with van der Waals surface area (Å²) in [7, 11) is 0. The molecule has 11 rings (SSSR count). The third-order valence-electron chi connectivity index (χ3n) is 11.8. The Hall–Kier alpha value is -7.43. The van der Waals surface area contributed by atoms with E-state index in [0.717, 1.165) is 50.7 Å². The van der Waals surface area contributed by atoms with Gasteiger partial charge < -0.3 is 4.74 Å². The lowest BCUT2D eigenvalue weighted by molar-refractivity contribution is 0.435. The van der Waals surface area contributed by atoms with Crippen LogP contribution in [0, 0.1) is 0 Å². The maximum atomic E-state index is 7.29. The highest BCUT2D eigenvalue weighted by Crippen LogP contribution is 2.64. The number of fused-ring (bicyclic) bond motifs is 6. The number of pyridine rings is 1. The summed E-state index contributed by atoms with van der Waals surface area (Å²) in [6.45, 7) is 0. The summed E-state index contributed by atoms with van der Waals surface area (Å²) in [4.78, 5) is 14.1. The van der Waals surface area contributed by atoms with E-state index in [4.69, 9.17) is 9.72 Å². The van der Waals surface area contributed by atoms with Crippen molar-refractivity contribution in [2.24, 2.45) is 0 Å². The van der Waals surface area contributed by atoms with E-state index >= 15 is 0 Å². The standard InChI is InChI=1S/C53H35N3O/c1-5-17-37(18-6-1)52(38-19-7-2-8-20-38)42-25-13-14-28-48(42)57-50-44(52)32-31-43-49(50)41-30-29-36(46-26-15-27-47(56-46)51-54-33-16-34-55-51)35-45(41)53(43,39-21-9-3-10-22-39)40-23-11-4-12-24-40/h1-35H.